The number of aromatic nitrogens is 1. The van der Waals surface area contributed by atoms with E-state index in [1.54, 1.807) is 18.3 Å². The molecule has 1 N–H and O–H groups in total. The van der Waals surface area contributed by atoms with E-state index in [-0.39, 0.29) is 11.7 Å². The van der Waals surface area contributed by atoms with Gasteiger partial charge in [0.15, 0.2) is 0 Å². The number of thioether (sulfide) groups is 1. The summed E-state index contributed by atoms with van der Waals surface area (Å²) in [6, 6.07) is 3.22. The quantitative estimate of drug-likeness (QED) is 0.828. The van der Waals surface area contributed by atoms with E-state index in [2.05, 4.69) is 16.8 Å². The van der Waals surface area contributed by atoms with Crippen molar-refractivity contribution in [2.24, 2.45) is 0 Å². The topological polar surface area (TPSA) is 62.7 Å². The van der Waals surface area contributed by atoms with E-state index in [0.29, 0.717) is 5.03 Å². The highest BCUT2D eigenvalue weighted by Gasteiger charge is 2.20. The Labute approximate surface area is 117 Å². The molecule has 0 radical (unpaired) electrons. The molecule has 2 rings (SSSR count). The maximum absolute atomic E-state index is 11.1. The van der Waals surface area contributed by atoms with Crippen LogP contribution in [0.3, 0.4) is 0 Å². The fraction of sp³-hybridized carbons (Fsp3) is 0.538. The van der Waals surface area contributed by atoms with Gasteiger partial charge in [0.1, 0.15) is 5.03 Å². The molecule has 1 aromatic heterocycles. The van der Waals surface area contributed by atoms with Crippen LogP contribution >= 0.6 is 11.8 Å². The number of hydrogen-bond donors (Lipinski definition) is 1. The third kappa shape index (κ3) is 3.92. The van der Waals surface area contributed by atoms with E-state index in [0.717, 1.165) is 32.0 Å². The van der Waals surface area contributed by atoms with E-state index in [4.69, 9.17) is 9.84 Å². The summed E-state index contributed by atoms with van der Waals surface area (Å²) in [4.78, 5) is 17.6. The highest BCUT2D eigenvalue weighted by atomic mass is 32.2. The zero-order valence-electron chi connectivity index (χ0n) is 10.9. The molecule has 1 aliphatic heterocycles. The highest BCUT2D eigenvalue weighted by molar-refractivity contribution is 7.99. The molecule has 1 aromatic rings. The summed E-state index contributed by atoms with van der Waals surface area (Å²) in [5.41, 5.74) is 0.260. The molecule has 0 spiro atoms. The minimum Gasteiger partial charge on any atom is -0.478 e. The van der Waals surface area contributed by atoms with E-state index >= 15 is 0 Å². The molecule has 19 heavy (non-hydrogen) atoms. The molecule has 2 heterocycles. The summed E-state index contributed by atoms with van der Waals surface area (Å²) in [5, 5.41) is 9.65. The lowest BCUT2D eigenvalue weighted by atomic mass is 10.3. The Morgan fingerprint density at radius 2 is 2.53 bits per heavy atom. The van der Waals surface area contributed by atoms with Gasteiger partial charge in [-0.3, -0.25) is 4.90 Å². The van der Waals surface area contributed by atoms with Gasteiger partial charge in [-0.2, -0.15) is 0 Å². The van der Waals surface area contributed by atoms with Crippen LogP contribution in [0.25, 0.3) is 0 Å². The van der Waals surface area contributed by atoms with Gasteiger partial charge in [0.25, 0.3) is 0 Å². The maximum Gasteiger partial charge on any atom is 0.338 e. The number of nitrogens with zero attached hydrogens (tertiary/aromatic N) is 2. The molecule has 0 saturated carbocycles. The van der Waals surface area contributed by atoms with Crippen molar-refractivity contribution in [2.45, 2.75) is 18.1 Å². The Morgan fingerprint density at radius 3 is 3.26 bits per heavy atom. The van der Waals surface area contributed by atoms with Gasteiger partial charge in [-0.25, -0.2) is 9.78 Å². The lowest BCUT2D eigenvalue weighted by Crippen LogP contribution is -2.43. The number of hydrogen-bond acceptors (Lipinski definition) is 5. The third-order valence-corrected chi connectivity index (χ3v) is 4.21. The van der Waals surface area contributed by atoms with Crippen LogP contribution in [0.5, 0.6) is 0 Å². The van der Waals surface area contributed by atoms with Crippen LogP contribution in [0.2, 0.25) is 0 Å². The number of pyridine rings is 1. The maximum atomic E-state index is 11.1. The van der Waals surface area contributed by atoms with Gasteiger partial charge in [-0.1, -0.05) is 6.92 Å². The Balaban J connectivity index is 1.93. The first-order valence-electron chi connectivity index (χ1n) is 6.35. The predicted molar refractivity (Wildman–Crippen MR) is 73.8 cm³/mol. The van der Waals surface area contributed by atoms with Crippen LogP contribution in [0.1, 0.15) is 17.3 Å². The van der Waals surface area contributed by atoms with Crippen molar-refractivity contribution in [3.63, 3.8) is 0 Å². The molecule has 0 bridgehead atoms. The summed E-state index contributed by atoms with van der Waals surface area (Å²) >= 11 is 1.45. The molecule has 104 valence electrons. The van der Waals surface area contributed by atoms with E-state index in [9.17, 15) is 4.79 Å². The average molecular weight is 282 g/mol. The first-order valence-corrected chi connectivity index (χ1v) is 7.34. The summed E-state index contributed by atoms with van der Waals surface area (Å²) in [7, 11) is 0. The van der Waals surface area contributed by atoms with Crippen molar-refractivity contribution in [1.29, 1.82) is 0 Å². The average Bonchev–Trinajstić information content (AvgIpc) is 2.45. The van der Waals surface area contributed by atoms with Crippen LogP contribution in [0.15, 0.2) is 23.4 Å². The normalized spacial score (nSPS) is 20.4. The summed E-state index contributed by atoms with van der Waals surface area (Å²) in [5.74, 6) is -0.205. The molecule has 1 unspecified atom stereocenters. The van der Waals surface area contributed by atoms with Gasteiger partial charge in [0.2, 0.25) is 0 Å². The number of carboxylic acid groups (broad SMARTS) is 1. The van der Waals surface area contributed by atoms with Crippen LogP contribution in [-0.4, -0.2) is 59.1 Å². The minimum absolute atomic E-state index is 0.141. The standard InChI is InChI=1S/C13H18N2O3S/c1-2-15-6-7-18-10(8-15)9-19-12-11(13(16)17)4-3-5-14-12/h3-5,10H,2,6-9H2,1H3,(H,16,17). The molecular weight excluding hydrogens is 264 g/mol. The van der Waals surface area contributed by atoms with Gasteiger partial charge in [0, 0.05) is 25.0 Å². The number of rotatable bonds is 5. The number of carbonyl (C=O) groups is 1. The van der Waals surface area contributed by atoms with Crippen LogP contribution in [-0.2, 0) is 4.74 Å². The molecule has 1 saturated heterocycles. The fourth-order valence-electron chi connectivity index (χ4n) is 2.01. The number of aromatic carboxylic acids is 1. The molecule has 0 aliphatic carbocycles. The zero-order chi connectivity index (χ0) is 13.7. The van der Waals surface area contributed by atoms with Crippen molar-refractivity contribution in [2.75, 3.05) is 32.0 Å². The largest absolute Gasteiger partial charge is 0.478 e. The molecule has 6 heteroatoms. The van der Waals surface area contributed by atoms with Crippen molar-refractivity contribution in [3.8, 4) is 0 Å². The number of morpholine rings is 1. The van der Waals surface area contributed by atoms with Crippen LogP contribution in [0, 0.1) is 0 Å². The zero-order valence-corrected chi connectivity index (χ0v) is 11.7. The minimum atomic E-state index is -0.935. The molecule has 0 aromatic carbocycles. The second-order valence-electron chi connectivity index (χ2n) is 4.36. The second kappa shape index (κ2) is 6.88. The Hall–Kier alpha value is -1.11. The molecule has 5 nitrogen and oxygen atoms in total. The van der Waals surface area contributed by atoms with Gasteiger partial charge < -0.3 is 9.84 Å². The van der Waals surface area contributed by atoms with Crippen LogP contribution < -0.4 is 0 Å². The van der Waals surface area contributed by atoms with Crippen molar-refractivity contribution in [3.05, 3.63) is 23.9 Å². The molecule has 1 atom stereocenters. The molecule has 1 fully saturated rings. The monoisotopic (exact) mass is 282 g/mol. The lowest BCUT2D eigenvalue weighted by molar-refractivity contribution is -0.0137. The highest BCUT2D eigenvalue weighted by Crippen LogP contribution is 2.22. The van der Waals surface area contributed by atoms with Crippen molar-refractivity contribution < 1.29 is 14.6 Å². The van der Waals surface area contributed by atoms with E-state index < -0.39 is 5.97 Å². The third-order valence-electron chi connectivity index (χ3n) is 3.08. The van der Waals surface area contributed by atoms with Crippen LogP contribution in [0.4, 0.5) is 0 Å². The second-order valence-corrected chi connectivity index (χ2v) is 5.37. The Morgan fingerprint density at radius 1 is 1.68 bits per heavy atom. The Bertz CT molecular complexity index is 442. The van der Waals surface area contributed by atoms with E-state index in [1.807, 2.05) is 0 Å². The Kier molecular flexibility index (Phi) is 5.18. The molecule has 1 aliphatic rings. The first kappa shape index (κ1) is 14.3. The summed E-state index contributed by atoms with van der Waals surface area (Å²) in [6.45, 7) is 5.78. The SMILES string of the molecule is CCN1CCOC(CSc2ncccc2C(=O)O)C1. The first-order chi connectivity index (χ1) is 9.20. The number of ether oxygens (including phenoxy) is 1. The predicted octanol–water partition coefficient (Wildman–Crippen LogP) is 1.59. The summed E-state index contributed by atoms with van der Waals surface area (Å²) in [6.07, 6.45) is 1.76. The van der Waals surface area contributed by atoms with Gasteiger partial charge in [-0.05, 0) is 18.7 Å². The number of carboxylic acids is 1. The van der Waals surface area contributed by atoms with Gasteiger partial charge >= 0.3 is 5.97 Å². The van der Waals surface area contributed by atoms with Crippen molar-refractivity contribution in [1.82, 2.24) is 9.88 Å². The van der Waals surface area contributed by atoms with Crippen molar-refractivity contribution >= 4 is 17.7 Å². The smallest absolute Gasteiger partial charge is 0.338 e. The summed E-state index contributed by atoms with van der Waals surface area (Å²) < 4.78 is 5.69. The lowest BCUT2D eigenvalue weighted by Gasteiger charge is -2.31. The fourth-order valence-corrected chi connectivity index (χ4v) is 3.00. The van der Waals surface area contributed by atoms with Gasteiger partial charge in [-0.15, -0.1) is 11.8 Å². The van der Waals surface area contributed by atoms with Gasteiger partial charge in [0.05, 0.1) is 18.3 Å². The van der Waals surface area contributed by atoms with E-state index in [1.165, 1.54) is 11.8 Å². The number of likely N-dealkylation sites (N-methyl/N-ethyl adjacent to an activating group) is 1. The molecule has 0 amide bonds. The molecular formula is C13H18N2O3S.